The molecule has 0 bridgehead atoms. The van der Waals surface area contributed by atoms with Gasteiger partial charge in [-0.3, -0.25) is 4.79 Å². The standard InChI is InChI=1S/C15H28N2O/c1-3-4-14(16)15(18)17(13-9-10-13)12-7-5-11(2)6-8-12/h11-14H,3-10,16H2,1-2H3. The third-order valence-corrected chi connectivity index (χ3v) is 4.49. The van der Waals surface area contributed by atoms with E-state index < -0.39 is 0 Å². The fraction of sp³-hybridized carbons (Fsp3) is 0.933. The lowest BCUT2D eigenvalue weighted by Crippen LogP contribution is -2.50. The summed E-state index contributed by atoms with van der Waals surface area (Å²) in [5, 5.41) is 0. The van der Waals surface area contributed by atoms with E-state index in [1.54, 1.807) is 0 Å². The summed E-state index contributed by atoms with van der Waals surface area (Å²) in [6, 6.07) is 0.720. The van der Waals surface area contributed by atoms with Crippen LogP contribution in [0.2, 0.25) is 0 Å². The van der Waals surface area contributed by atoms with E-state index in [-0.39, 0.29) is 11.9 Å². The zero-order chi connectivity index (χ0) is 13.1. The Balaban J connectivity index is 1.97. The predicted octanol–water partition coefficient (Wildman–Crippen LogP) is 2.68. The van der Waals surface area contributed by atoms with Crippen molar-refractivity contribution in [3.05, 3.63) is 0 Å². The molecule has 0 aromatic rings. The van der Waals surface area contributed by atoms with E-state index in [0.717, 1.165) is 18.8 Å². The van der Waals surface area contributed by atoms with Crippen molar-refractivity contribution in [2.24, 2.45) is 11.7 Å². The highest BCUT2D eigenvalue weighted by atomic mass is 16.2. The molecule has 0 radical (unpaired) electrons. The Morgan fingerprint density at radius 1 is 1.17 bits per heavy atom. The summed E-state index contributed by atoms with van der Waals surface area (Å²) in [4.78, 5) is 14.7. The minimum Gasteiger partial charge on any atom is -0.335 e. The van der Waals surface area contributed by atoms with E-state index in [1.807, 2.05) is 0 Å². The highest BCUT2D eigenvalue weighted by Crippen LogP contribution is 2.35. The number of nitrogens with two attached hydrogens (primary N) is 1. The topological polar surface area (TPSA) is 46.3 Å². The Morgan fingerprint density at radius 3 is 2.11 bits per heavy atom. The van der Waals surface area contributed by atoms with Crippen molar-refractivity contribution in [2.45, 2.75) is 83.3 Å². The van der Waals surface area contributed by atoms with Crippen molar-refractivity contribution >= 4 is 5.91 Å². The molecule has 2 N–H and O–H groups in total. The highest BCUT2D eigenvalue weighted by molar-refractivity contribution is 5.82. The Hall–Kier alpha value is -0.570. The Kier molecular flexibility index (Phi) is 4.66. The second kappa shape index (κ2) is 6.05. The van der Waals surface area contributed by atoms with E-state index in [9.17, 15) is 4.79 Å². The average molecular weight is 252 g/mol. The lowest BCUT2D eigenvalue weighted by Gasteiger charge is -2.37. The molecule has 0 saturated heterocycles. The van der Waals surface area contributed by atoms with Gasteiger partial charge in [0.05, 0.1) is 6.04 Å². The molecule has 0 heterocycles. The summed E-state index contributed by atoms with van der Waals surface area (Å²) in [7, 11) is 0. The second-order valence-electron chi connectivity index (χ2n) is 6.29. The molecule has 2 aliphatic carbocycles. The summed E-state index contributed by atoms with van der Waals surface area (Å²) in [5.41, 5.74) is 6.04. The fourth-order valence-corrected chi connectivity index (χ4v) is 3.16. The second-order valence-corrected chi connectivity index (χ2v) is 6.29. The third-order valence-electron chi connectivity index (χ3n) is 4.49. The SMILES string of the molecule is CCCC(N)C(=O)N(C1CCC(C)CC1)C1CC1. The lowest BCUT2D eigenvalue weighted by molar-refractivity contribution is -0.136. The monoisotopic (exact) mass is 252 g/mol. The van der Waals surface area contributed by atoms with E-state index in [2.05, 4.69) is 18.7 Å². The molecule has 3 heteroatoms. The van der Waals surface area contributed by atoms with Crippen LogP contribution < -0.4 is 5.73 Å². The summed E-state index contributed by atoms with van der Waals surface area (Å²) in [5.74, 6) is 1.06. The number of hydrogen-bond acceptors (Lipinski definition) is 2. The molecular weight excluding hydrogens is 224 g/mol. The van der Waals surface area contributed by atoms with Crippen molar-refractivity contribution in [3.8, 4) is 0 Å². The normalized spacial score (nSPS) is 29.9. The maximum atomic E-state index is 12.5. The van der Waals surface area contributed by atoms with Crippen LogP contribution in [0.3, 0.4) is 0 Å². The summed E-state index contributed by atoms with van der Waals surface area (Å²) < 4.78 is 0. The molecule has 0 aromatic heterocycles. The van der Waals surface area contributed by atoms with Gasteiger partial charge in [0.2, 0.25) is 5.91 Å². The molecule has 3 nitrogen and oxygen atoms in total. The Morgan fingerprint density at radius 2 is 1.67 bits per heavy atom. The fourth-order valence-electron chi connectivity index (χ4n) is 3.16. The predicted molar refractivity (Wildman–Crippen MR) is 74.2 cm³/mol. The molecule has 2 aliphatic rings. The quantitative estimate of drug-likeness (QED) is 0.817. The number of nitrogens with zero attached hydrogens (tertiary/aromatic N) is 1. The highest BCUT2D eigenvalue weighted by Gasteiger charge is 2.39. The number of carbonyl (C=O) groups excluding carboxylic acids is 1. The van der Waals surface area contributed by atoms with E-state index in [1.165, 1.54) is 38.5 Å². The van der Waals surface area contributed by atoms with Crippen LogP contribution in [-0.4, -0.2) is 28.9 Å². The van der Waals surface area contributed by atoms with Gasteiger partial charge >= 0.3 is 0 Å². The van der Waals surface area contributed by atoms with Gasteiger partial charge in [-0.25, -0.2) is 0 Å². The molecule has 2 saturated carbocycles. The minimum absolute atomic E-state index is 0.221. The summed E-state index contributed by atoms with van der Waals surface area (Å²) >= 11 is 0. The van der Waals surface area contributed by atoms with Gasteiger partial charge in [-0.2, -0.15) is 0 Å². The van der Waals surface area contributed by atoms with Gasteiger partial charge in [-0.1, -0.05) is 20.3 Å². The lowest BCUT2D eigenvalue weighted by atomic mass is 9.86. The van der Waals surface area contributed by atoms with Gasteiger partial charge in [-0.05, 0) is 50.9 Å². The smallest absolute Gasteiger partial charge is 0.239 e. The van der Waals surface area contributed by atoms with Gasteiger partial charge in [0.1, 0.15) is 0 Å². The van der Waals surface area contributed by atoms with E-state index in [4.69, 9.17) is 5.73 Å². The number of carbonyl (C=O) groups is 1. The molecule has 104 valence electrons. The van der Waals surface area contributed by atoms with Crippen LogP contribution >= 0.6 is 0 Å². The average Bonchev–Trinajstić information content (AvgIpc) is 3.16. The molecule has 1 unspecified atom stereocenters. The largest absolute Gasteiger partial charge is 0.335 e. The minimum atomic E-state index is -0.269. The van der Waals surface area contributed by atoms with Crippen LogP contribution in [0.15, 0.2) is 0 Å². The Bertz CT molecular complexity index is 280. The first kappa shape index (κ1) is 13.9. The van der Waals surface area contributed by atoms with E-state index >= 15 is 0 Å². The van der Waals surface area contributed by atoms with Crippen molar-refractivity contribution in [3.63, 3.8) is 0 Å². The van der Waals surface area contributed by atoms with Crippen molar-refractivity contribution in [1.82, 2.24) is 4.90 Å². The first-order valence-corrected chi connectivity index (χ1v) is 7.71. The molecular formula is C15H28N2O. The molecule has 2 fully saturated rings. The van der Waals surface area contributed by atoms with E-state index in [0.29, 0.717) is 12.1 Å². The summed E-state index contributed by atoms with van der Waals surface area (Å²) in [6.45, 7) is 4.42. The van der Waals surface area contributed by atoms with Crippen LogP contribution in [-0.2, 0) is 4.79 Å². The number of rotatable bonds is 5. The first-order valence-electron chi connectivity index (χ1n) is 7.71. The Labute approximate surface area is 111 Å². The maximum absolute atomic E-state index is 12.5. The summed E-state index contributed by atoms with van der Waals surface area (Å²) in [6.07, 6.45) is 9.10. The zero-order valence-corrected chi connectivity index (χ0v) is 11.9. The first-order chi connectivity index (χ1) is 8.63. The molecule has 18 heavy (non-hydrogen) atoms. The van der Waals surface area contributed by atoms with Gasteiger partial charge in [0.15, 0.2) is 0 Å². The van der Waals surface area contributed by atoms with Crippen molar-refractivity contribution < 1.29 is 4.79 Å². The molecule has 0 aliphatic heterocycles. The number of amides is 1. The van der Waals surface area contributed by atoms with Crippen LogP contribution in [0.4, 0.5) is 0 Å². The van der Waals surface area contributed by atoms with Gasteiger partial charge in [-0.15, -0.1) is 0 Å². The van der Waals surface area contributed by atoms with Crippen LogP contribution in [0.25, 0.3) is 0 Å². The molecule has 2 rings (SSSR count). The number of hydrogen-bond donors (Lipinski definition) is 1. The van der Waals surface area contributed by atoms with Crippen molar-refractivity contribution in [1.29, 1.82) is 0 Å². The molecule has 1 atom stereocenters. The third kappa shape index (κ3) is 3.25. The maximum Gasteiger partial charge on any atom is 0.239 e. The molecule has 0 aromatic carbocycles. The molecule has 1 amide bonds. The van der Waals surface area contributed by atoms with Crippen molar-refractivity contribution in [2.75, 3.05) is 0 Å². The van der Waals surface area contributed by atoms with Crippen LogP contribution in [0.1, 0.15) is 65.2 Å². The van der Waals surface area contributed by atoms with Crippen LogP contribution in [0.5, 0.6) is 0 Å². The zero-order valence-electron chi connectivity index (χ0n) is 11.9. The van der Waals surface area contributed by atoms with Gasteiger partial charge in [0.25, 0.3) is 0 Å². The molecule has 0 spiro atoms. The van der Waals surface area contributed by atoms with Gasteiger partial charge in [0, 0.05) is 12.1 Å². The van der Waals surface area contributed by atoms with Gasteiger partial charge < -0.3 is 10.6 Å². The van der Waals surface area contributed by atoms with Crippen LogP contribution in [0, 0.1) is 5.92 Å².